The number of nitrogens with one attached hydrogen (secondary N) is 1. The standard InChI is InChI=1S/C17H12F3NO4S/c18-17(19,20)12-2-1-3-13(9-12)21-26(24,25)14-5-4-10-7-15(22)16(23)8-11(10)6-14/h1-9,21-23H. The minimum atomic E-state index is -4.59. The first kappa shape index (κ1) is 17.9. The molecule has 0 bridgehead atoms. The van der Waals surface area contributed by atoms with Crippen molar-refractivity contribution in [3.05, 3.63) is 60.2 Å². The van der Waals surface area contributed by atoms with E-state index in [0.717, 1.165) is 12.1 Å². The summed E-state index contributed by atoms with van der Waals surface area (Å²) in [5.41, 5.74) is -1.20. The van der Waals surface area contributed by atoms with Gasteiger partial charge in [0.15, 0.2) is 11.5 Å². The van der Waals surface area contributed by atoms with Crippen molar-refractivity contribution in [3.63, 3.8) is 0 Å². The molecule has 0 aliphatic rings. The van der Waals surface area contributed by atoms with Crippen LogP contribution in [-0.4, -0.2) is 18.6 Å². The predicted octanol–water partition coefficient (Wildman–Crippen LogP) is 4.07. The van der Waals surface area contributed by atoms with E-state index in [4.69, 9.17) is 0 Å². The first-order chi connectivity index (χ1) is 12.1. The van der Waals surface area contributed by atoms with Crippen LogP contribution in [0, 0.1) is 0 Å². The Labute approximate surface area is 146 Å². The quantitative estimate of drug-likeness (QED) is 0.595. The average Bonchev–Trinajstić information content (AvgIpc) is 2.54. The maximum absolute atomic E-state index is 12.7. The SMILES string of the molecule is O=S(=O)(Nc1cccc(C(F)(F)F)c1)c1ccc2cc(O)c(O)cc2c1. The summed E-state index contributed by atoms with van der Waals surface area (Å²) in [5.74, 6) is -0.770. The molecule has 0 saturated heterocycles. The smallest absolute Gasteiger partial charge is 0.416 e. The summed E-state index contributed by atoms with van der Waals surface area (Å²) >= 11 is 0. The molecule has 0 fully saturated rings. The van der Waals surface area contributed by atoms with Crippen LogP contribution in [0.3, 0.4) is 0 Å². The van der Waals surface area contributed by atoms with E-state index in [2.05, 4.69) is 4.72 Å². The molecule has 0 atom stereocenters. The molecule has 0 heterocycles. The molecule has 3 rings (SSSR count). The zero-order valence-corrected chi connectivity index (χ0v) is 13.8. The Hall–Kier alpha value is -2.94. The van der Waals surface area contributed by atoms with E-state index in [1.54, 1.807) is 0 Å². The van der Waals surface area contributed by atoms with Gasteiger partial charge in [0, 0.05) is 5.69 Å². The van der Waals surface area contributed by atoms with Crippen LogP contribution in [0.2, 0.25) is 0 Å². The number of hydrogen-bond donors (Lipinski definition) is 3. The van der Waals surface area contributed by atoms with Crippen molar-refractivity contribution >= 4 is 26.5 Å². The van der Waals surface area contributed by atoms with Crippen molar-refractivity contribution in [1.29, 1.82) is 0 Å². The van der Waals surface area contributed by atoms with E-state index in [-0.39, 0.29) is 16.3 Å². The molecule has 0 unspecified atom stereocenters. The molecule has 0 saturated carbocycles. The highest BCUT2D eigenvalue weighted by Gasteiger charge is 2.30. The van der Waals surface area contributed by atoms with E-state index in [1.807, 2.05) is 0 Å². The van der Waals surface area contributed by atoms with Crippen LogP contribution in [0.25, 0.3) is 10.8 Å². The van der Waals surface area contributed by atoms with Crippen molar-refractivity contribution < 1.29 is 31.8 Å². The molecular weight excluding hydrogens is 371 g/mol. The first-order valence-corrected chi connectivity index (χ1v) is 8.70. The number of benzene rings is 3. The van der Waals surface area contributed by atoms with Crippen LogP contribution in [-0.2, 0) is 16.2 Å². The molecule has 0 aromatic heterocycles. The fourth-order valence-electron chi connectivity index (χ4n) is 2.39. The Kier molecular flexibility index (Phi) is 4.19. The lowest BCUT2D eigenvalue weighted by Gasteiger charge is -2.12. The molecule has 0 spiro atoms. The second-order valence-electron chi connectivity index (χ2n) is 5.53. The number of fused-ring (bicyclic) bond motifs is 1. The molecular formula is C17H12F3NO4S. The molecule has 0 aliphatic carbocycles. The average molecular weight is 383 g/mol. The highest BCUT2D eigenvalue weighted by molar-refractivity contribution is 7.92. The first-order valence-electron chi connectivity index (χ1n) is 7.22. The largest absolute Gasteiger partial charge is 0.504 e. The van der Waals surface area contributed by atoms with Crippen LogP contribution in [0.5, 0.6) is 11.5 Å². The Morgan fingerprint density at radius 1 is 0.846 bits per heavy atom. The van der Waals surface area contributed by atoms with Gasteiger partial charge in [-0.3, -0.25) is 4.72 Å². The molecule has 136 valence electrons. The molecule has 9 heteroatoms. The summed E-state index contributed by atoms with van der Waals surface area (Å²) < 4.78 is 65.2. The molecule has 5 nitrogen and oxygen atoms in total. The molecule has 0 aliphatic heterocycles. The van der Waals surface area contributed by atoms with Gasteiger partial charge in [0.2, 0.25) is 0 Å². The predicted molar refractivity (Wildman–Crippen MR) is 89.5 cm³/mol. The number of hydrogen-bond acceptors (Lipinski definition) is 4. The van der Waals surface area contributed by atoms with Crippen molar-refractivity contribution in [2.75, 3.05) is 4.72 Å². The lowest BCUT2D eigenvalue weighted by Crippen LogP contribution is -2.14. The number of halogens is 3. The van der Waals surface area contributed by atoms with Gasteiger partial charge in [-0.15, -0.1) is 0 Å². The monoisotopic (exact) mass is 383 g/mol. The Morgan fingerprint density at radius 2 is 1.50 bits per heavy atom. The third-order valence-corrected chi connectivity index (χ3v) is 5.04. The zero-order valence-electron chi connectivity index (χ0n) is 12.9. The van der Waals surface area contributed by atoms with Gasteiger partial charge in [-0.05, 0) is 53.2 Å². The summed E-state index contributed by atoms with van der Waals surface area (Å²) in [6.07, 6.45) is -4.59. The van der Waals surface area contributed by atoms with Gasteiger partial charge in [-0.25, -0.2) is 8.42 Å². The van der Waals surface area contributed by atoms with Crippen molar-refractivity contribution in [2.45, 2.75) is 11.1 Å². The highest BCUT2D eigenvalue weighted by Crippen LogP contribution is 2.33. The Bertz CT molecular complexity index is 1090. The van der Waals surface area contributed by atoms with Crippen LogP contribution in [0.15, 0.2) is 59.5 Å². The van der Waals surface area contributed by atoms with Crippen LogP contribution in [0.1, 0.15) is 5.56 Å². The van der Waals surface area contributed by atoms with Gasteiger partial charge >= 0.3 is 6.18 Å². The number of alkyl halides is 3. The molecule has 0 amide bonds. The number of rotatable bonds is 3. The number of anilines is 1. The number of sulfonamides is 1. The van der Waals surface area contributed by atoms with Gasteiger partial charge in [-0.2, -0.15) is 13.2 Å². The third kappa shape index (κ3) is 3.52. The summed E-state index contributed by atoms with van der Waals surface area (Å²) in [5, 5.41) is 19.8. The second kappa shape index (κ2) is 6.10. The molecule has 0 radical (unpaired) electrons. The normalized spacial score (nSPS) is 12.3. The van der Waals surface area contributed by atoms with Gasteiger partial charge in [0.25, 0.3) is 10.0 Å². The fraction of sp³-hybridized carbons (Fsp3) is 0.0588. The van der Waals surface area contributed by atoms with Crippen LogP contribution in [0.4, 0.5) is 18.9 Å². The third-order valence-electron chi connectivity index (χ3n) is 3.66. The van der Waals surface area contributed by atoms with Crippen molar-refractivity contribution in [3.8, 4) is 11.5 Å². The van der Waals surface area contributed by atoms with E-state index in [9.17, 15) is 31.8 Å². The highest BCUT2D eigenvalue weighted by atomic mass is 32.2. The Balaban J connectivity index is 1.98. The van der Waals surface area contributed by atoms with Crippen LogP contribution < -0.4 is 4.72 Å². The summed E-state index contributed by atoms with van der Waals surface area (Å²) in [6, 6.07) is 10.2. The van der Waals surface area contributed by atoms with Gasteiger partial charge < -0.3 is 10.2 Å². The fourth-order valence-corrected chi connectivity index (χ4v) is 3.48. The molecule has 3 aromatic carbocycles. The molecule has 3 N–H and O–H groups in total. The second-order valence-corrected chi connectivity index (χ2v) is 7.22. The van der Waals surface area contributed by atoms with Crippen molar-refractivity contribution in [1.82, 2.24) is 0 Å². The van der Waals surface area contributed by atoms with Gasteiger partial charge in [0.1, 0.15) is 0 Å². The number of phenolic OH excluding ortho intramolecular Hbond substituents is 2. The molecule has 3 aromatic rings. The topological polar surface area (TPSA) is 86.6 Å². The van der Waals surface area contributed by atoms with E-state index < -0.39 is 27.5 Å². The zero-order chi connectivity index (χ0) is 19.1. The lowest BCUT2D eigenvalue weighted by molar-refractivity contribution is -0.137. The summed E-state index contributed by atoms with van der Waals surface area (Å²) in [6.45, 7) is 0. The maximum Gasteiger partial charge on any atom is 0.416 e. The van der Waals surface area contributed by atoms with Gasteiger partial charge in [-0.1, -0.05) is 12.1 Å². The van der Waals surface area contributed by atoms with Crippen molar-refractivity contribution in [2.24, 2.45) is 0 Å². The van der Waals surface area contributed by atoms with Gasteiger partial charge in [0.05, 0.1) is 10.5 Å². The number of aromatic hydroxyl groups is 2. The Morgan fingerprint density at radius 3 is 2.15 bits per heavy atom. The lowest BCUT2D eigenvalue weighted by atomic mass is 10.1. The minimum Gasteiger partial charge on any atom is -0.504 e. The van der Waals surface area contributed by atoms with E-state index in [0.29, 0.717) is 16.8 Å². The molecule has 26 heavy (non-hydrogen) atoms. The maximum atomic E-state index is 12.7. The van der Waals surface area contributed by atoms with E-state index in [1.165, 1.54) is 36.4 Å². The minimum absolute atomic E-state index is 0.201. The number of phenols is 2. The summed E-state index contributed by atoms with van der Waals surface area (Å²) in [4.78, 5) is -0.201. The summed E-state index contributed by atoms with van der Waals surface area (Å²) in [7, 11) is -4.15. The van der Waals surface area contributed by atoms with E-state index >= 15 is 0 Å². The van der Waals surface area contributed by atoms with Crippen LogP contribution >= 0.6 is 0 Å².